The molecule has 8 nitrogen and oxygen atoms in total. The first-order valence-electron chi connectivity index (χ1n) is 6.01. The number of hydrogen-bond acceptors (Lipinski definition) is 6. The minimum atomic E-state index is -1.10. The first-order chi connectivity index (χ1) is 9.63. The number of carboxylic acids is 1. The van der Waals surface area contributed by atoms with Gasteiger partial charge in [-0.25, -0.2) is 23.8 Å². The van der Waals surface area contributed by atoms with Crippen LogP contribution in [-0.2, 0) is 0 Å². The molecule has 3 rings (SSSR count). The van der Waals surface area contributed by atoms with Gasteiger partial charge < -0.3 is 10.0 Å². The van der Waals surface area contributed by atoms with Crippen LogP contribution in [-0.4, -0.2) is 49.1 Å². The Labute approximate surface area is 112 Å². The Morgan fingerprint density at radius 1 is 1.40 bits per heavy atom. The fourth-order valence-corrected chi connectivity index (χ4v) is 2.16. The van der Waals surface area contributed by atoms with Crippen LogP contribution < -0.4 is 4.90 Å². The van der Waals surface area contributed by atoms with Gasteiger partial charge >= 0.3 is 5.97 Å². The topological polar surface area (TPSA) is 97.0 Å². The molecule has 2 aromatic heterocycles. The Morgan fingerprint density at radius 3 is 2.80 bits per heavy atom. The molecule has 0 radical (unpaired) electrons. The SMILES string of the molecule is O=C(O)c1cn(C2CCN(c3ncc(F)cn3)C2)nn1. The van der Waals surface area contributed by atoms with Crippen molar-refractivity contribution < 1.29 is 14.3 Å². The van der Waals surface area contributed by atoms with Crippen molar-refractivity contribution in [2.45, 2.75) is 12.5 Å². The number of hydrogen-bond donors (Lipinski definition) is 1. The van der Waals surface area contributed by atoms with E-state index in [4.69, 9.17) is 5.11 Å². The molecule has 20 heavy (non-hydrogen) atoms. The molecule has 0 spiro atoms. The van der Waals surface area contributed by atoms with Crippen molar-refractivity contribution in [1.82, 2.24) is 25.0 Å². The van der Waals surface area contributed by atoms with Crippen molar-refractivity contribution in [1.29, 1.82) is 0 Å². The molecule has 1 N–H and O–H groups in total. The second-order valence-electron chi connectivity index (χ2n) is 4.48. The molecule has 0 saturated carbocycles. The molecule has 0 amide bonds. The molecule has 104 valence electrons. The molecule has 0 bridgehead atoms. The zero-order valence-electron chi connectivity index (χ0n) is 10.3. The van der Waals surface area contributed by atoms with Gasteiger partial charge in [-0.05, 0) is 6.42 Å². The summed E-state index contributed by atoms with van der Waals surface area (Å²) in [4.78, 5) is 20.5. The van der Waals surface area contributed by atoms with Crippen LogP contribution >= 0.6 is 0 Å². The van der Waals surface area contributed by atoms with Gasteiger partial charge in [0.05, 0.1) is 24.6 Å². The summed E-state index contributed by atoms with van der Waals surface area (Å²) in [6.07, 6.45) is 4.41. The van der Waals surface area contributed by atoms with Gasteiger partial charge in [-0.1, -0.05) is 5.21 Å². The maximum atomic E-state index is 12.8. The lowest BCUT2D eigenvalue weighted by molar-refractivity contribution is 0.0690. The highest BCUT2D eigenvalue weighted by molar-refractivity contribution is 5.84. The summed E-state index contributed by atoms with van der Waals surface area (Å²) < 4.78 is 14.3. The van der Waals surface area contributed by atoms with Crippen LogP contribution in [0.1, 0.15) is 23.0 Å². The molecule has 1 aliphatic heterocycles. The molecule has 1 atom stereocenters. The van der Waals surface area contributed by atoms with Crippen molar-refractivity contribution in [3.05, 3.63) is 30.1 Å². The third kappa shape index (κ3) is 2.29. The van der Waals surface area contributed by atoms with E-state index in [0.717, 1.165) is 18.8 Å². The molecular formula is C11H11FN6O2. The maximum absolute atomic E-state index is 12.8. The largest absolute Gasteiger partial charge is 0.476 e. The van der Waals surface area contributed by atoms with E-state index in [1.165, 1.54) is 10.9 Å². The second-order valence-corrected chi connectivity index (χ2v) is 4.48. The van der Waals surface area contributed by atoms with E-state index in [2.05, 4.69) is 20.3 Å². The van der Waals surface area contributed by atoms with Crippen molar-refractivity contribution in [2.75, 3.05) is 18.0 Å². The van der Waals surface area contributed by atoms with Crippen LogP contribution in [0.25, 0.3) is 0 Å². The van der Waals surface area contributed by atoms with Crippen molar-refractivity contribution in [3.8, 4) is 0 Å². The zero-order chi connectivity index (χ0) is 14.1. The third-order valence-corrected chi connectivity index (χ3v) is 3.16. The number of nitrogens with zero attached hydrogens (tertiary/aromatic N) is 6. The predicted molar refractivity (Wildman–Crippen MR) is 64.8 cm³/mol. The molecule has 9 heteroatoms. The Morgan fingerprint density at radius 2 is 2.15 bits per heavy atom. The number of rotatable bonds is 3. The van der Waals surface area contributed by atoms with E-state index in [1.54, 1.807) is 0 Å². The van der Waals surface area contributed by atoms with Gasteiger partial charge in [0.1, 0.15) is 0 Å². The number of anilines is 1. The fourth-order valence-electron chi connectivity index (χ4n) is 2.16. The summed E-state index contributed by atoms with van der Waals surface area (Å²) in [5.41, 5.74) is -0.0820. The first kappa shape index (κ1) is 12.5. The normalized spacial score (nSPS) is 18.4. The highest BCUT2D eigenvalue weighted by Crippen LogP contribution is 2.23. The van der Waals surface area contributed by atoms with Gasteiger partial charge in [0.25, 0.3) is 0 Å². The van der Waals surface area contributed by atoms with Gasteiger partial charge in [-0.15, -0.1) is 5.10 Å². The number of halogens is 1. The number of carbonyl (C=O) groups is 1. The van der Waals surface area contributed by atoms with Crippen LogP contribution in [0, 0.1) is 5.82 Å². The van der Waals surface area contributed by atoms with Gasteiger partial charge in [-0.3, -0.25) is 0 Å². The van der Waals surface area contributed by atoms with Crippen molar-refractivity contribution >= 4 is 11.9 Å². The molecule has 1 fully saturated rings. The smallest absolute Gasteiger partial charge is 0.358 e. The van der Waals surface area contributed by atoms with Gasteiger partial charge in [0, 0.05) is 13.1 Å². The predicted octanol–water partition coefficient (Wildman–Crippen LogP) is 0.357. The summed E-state index contributed by atoms with van der Waals surface area (Å²) in [7, 11) is 0. The molecule has 1 saturated heterocycles. The van der Waals surface area contributed by atoms with E-state index in [0.29, 0.717) is 19.0 Å². The summed E-state index contributed by atoms with van der Waals surface area (Å²) in [5, 5.41) is 16.2. The van der Waals surface area contributed by atoms with Crippen LogP contribution in [0.4, 0.5) is 10.3 Å². The van der Waals surface area contributed by atoms with Gasteiger partial charge in [-0.2, -0.15) is 0 Å². The molecule has 0 aromatic carbocycles. The van der Waals surface area contributed by atoms with Crippen LogP contribution in [0.5, 0.6) is 0 Å². The zero-order valence-corrected chi connectivity index (χ0v) is 10.3. The third-order valence-electron chi connectivity index (χ3n) is 3.16. The average molecular weight is 278 g/mol. The quantitative estimate of drug-likeness (QED) is 0.865. The standard InChI is InChI=1S/C11H11FN6O2/c12-7-3-13-11(14-4-7)17-2-1-8(5-17)18-6-9(10(19)20)15-16-18/h3-4,6,8H,1-2,5H2,(H,19,20). The Bertz CT molecular complexity index is 628. The second kappa shape index (κ2) is 4.83. The van der Waals surface area contributed by atoms with Crippen molar-refractivity contribution in [2.24, 2.45) is 0 Å². The minimum Gasteiger partial charge on any atom is -0.476 e. The molecule has 2 aromatic rings. The van der Waals surface area contributed by atoms with E-state index in [1.807, 2.05) is 4.90 Å². The Kier molecular flexibility index (Phi) is 3.01. The number of carboxylic acid groups (broad SMARTS) is 1. The fraction of sp³-hybridized carbons (Fsp3) is 0.364. The summed E-state index contributed by atoms with van der Waals surface area (Å²) in [5.74, 6) is -1.13. The van der Waals surface area contributed by atoms with E-state index in [-0.39, 0.29) is 11.7 Å². The lowest BCUT2D eigenvalue weighted by Gasteiger charge is -2.15. The summed E-state index contributed by atoms with van der Waals surface area (Å²) in [6.45, 7) is 1.27. The summed E-state index contributed by atoms with van der Waals surface area (Å²) in [6, 6.07) is 0.00394. The Hall–Kier alpha value is -2.58. The summed E-state index contributed by atoms with van der Waals surface area (Å²) >= 11 is 0. The van der Waals surface area contributed by atoms with Crippen molar-refractivity contribution in [3.63, 3.8) is 0 Å². The highest BCUT2D eigenvalue weighted by atomic mass is 19.1. The average Bonchev–Trinajstić information content (AvgIpc) is 3.08. The van der Waals surface area contributed by atoms with Gasteiger partial charge in [0.2, 0.25) is 5.95 Å². The van der Waals surface area contributed by atoms with E-state index < -0.39 is 11.8 Å². The van der Waals surface area contributed by atoms with Gasteiger partial charge in [0.15, 0.2) is 11.5 Å². The molecule has 1 unspecified atom stereocenters. The lowest BCUT2D eigenvalue weighted by atomic mass is 10.3. The number of aromatic nitrogens is 5. The maximum Gasteiger partial charge on any atom is 0.358 e. The highest BCUT2D eigenvalue weighted by Gasteiger charge is 2.27. The molecule has 1 aliphatic rings. The Balaban J connectivity index is 1.72. The van der Waals surface area contributed by atoms with Crippen LogP contribution in [0.2, 0.25) is 0 Å². The van der Waals surface area contributed by atoms with E-state index >= 15 is 0 Å². The lowest BCUT2D eigenvalue weighted by Crippen LogP contribution is -2.23. The van der Waals surface area contributed by atoms with Crippen LogP contribution in [0.3, 0.4) is 0 Å². The first-order valence-corrected chi connectivity index (χ1v) is 6.01. The molecule has 3 heterocycles. The molecular weight excluding hydrogens is 267 g/mol. The minimum absolute atomic E-state index is 0.00394. The number of aromatic carboxylic acids is 1. The molecule has 0 aliphatic carbocycles. The van der Waals surface area contributed by atoms with Crippen LogP contribution in [0.15, 0.2) is 18.6 Å². The monoisotopic (exact) mass is 278 g/mol. The van der Waals surface area contributed by atoms with E-state index in [9.17, 15) is 9.18 Å².